The van der Waals surface area contributed by atoms with Crippen molar-refractivity contribution in [1.82, 2.24) is 5.32 Å². The van der Waals surface area contributed by atoms with Crippen molar-refractivity contribution in [2.24, 2.45) is 5.73 Å². The Morgan fingerprint density at radius 3 is 1.78 bits per heavy atom. The zero-order valence-corrected chi connectivity index (χ0v) is 32.2. The predicted molar refractivity (Wildman–Crippen MR) is 215 cm³/mol. The van der Waals surface area contributed by atoms with Gasteiger partial charge in [-0.1, -0.05) is 138 Å². The molecule has 288 valence electrons. The highest BCUT2D eigenvalue weighted by Crippen LogP contribution is 2.14. The minimum absolute atomic E-state index is 0.205. The van der Waals surface area contributed by atoms with Crippen LogP contribution >= 0.6 is 0 Å². The Balaban J connectivity index is 4.52. The number of nitrogens with two attached hydrogens (primary N) is 1. The molecular formula is C44H72N2O5. The number of carboxylic acid groups (broad SMARTS) is 1. The van der Waals surface area contributed by atoms with Crippen molar-refractivity contribution < 1.29 is 24.2 Å². The monoisotopic (exact) mass is 709 g/mol. The van der Waals surface area contributed by atoms with Gasteiger partial charge >= 0.3 is 11.9 Å². The van der Waals surface area contributed by atoms with Crippen LogP contribution in [0.3, 0.4) is 0 Å². The summed E-state index contributed by atoms with van der Waals surface area (Å²) in [4.78, 5) is 36.1. The third-order valence-electron chi connectivity index (χ3n) is 8.21. The number of nitrogens with one attached hydrogen (secondary N) is 1. The van der Waals surface area contributed by atoms with Gasteiger partial charge < -0.3 is 20.9 Å². The molecule has 2 unspecified atom stereocenters. The van der Waals surface area contributed by atoms with Crippen molar-refractivity contribution in [2.75, 3.05) is 6.54 Å². The Morgan fingerprint density at radius 1 is 0.627 bits per heavy atom. The van der Waals surface area contributed by atoms with Gasteiger partial charge in [0.1, 0.15) is 12.1 Å². The SMILES string of the molecule is CC/C=C\C/C=C\C/C=C\C/C=C\C/C=C\CC(=O)OC(/C=C\C/C=C\CCCCCC)CCCCCCCCC(=O)NC(CCCN)C(=O)O. The maximum absolute atomic E-state index is 12.6. The van der Waals surface area contributed by atoms with Crippen LogP contribution < -0.4 is 11.1 Å². The zero-order valence-electron chi connectivity index (χ0n) is 32.2. The number of esters is 1. The Labute approximate surface area is 311 Å². The van der Waals surface area contributed by atoms with Gasteiger partial charge in [-0.05, 0) is 96.1 Å². The van der Waals surface area contributed by atoms with Gasteiger partial charge in [0.2, 0.25) is 5.91 Å². The van der Waals surface area contributed by atoms with Crippen molar-refractivity contribution in [1.29, 1.82) is 0 Å². The Morgan fingerprint density at radius 2 is 1.18 bits per heavy atom. The molecule has 0 radical (unpaired) electrons. The van der Waals surface area contributed by atoms with Crippen molar-refractivity contribution in [3.8, 4) is 0 Å². The summed E-state index contributed by atoms with van der Waals surface area (Å²) >= 11 is 0. The number of carboxylic acids is 1. The van der Waals surface area contributed by atoms with E-state index in [1.165, 1.54) is 25.7 Å². The molecule has 0 aliphatic rings. The number of unbranched alkanes of at least 4 members (excludes halogenated alkanes) is 9. The van der Waals surface area contributed by atoms with Gasteiger partial charge in [-0.25, -0.2) is 4.79 Å². The normalized spacial score (nSPS) is 13.6. The number of hydrogen-bond acceptors (Lipinski definition) is 5. The number of carbonyl (C=O) groups is 3. The third kappa shape index (κ3) is 34.8. The van der Waals surface area contributed by atoms with E-state index in [0.29, 0.717) is 25.8 Å². The average Bonchev–Trinajstić information content (AvgIpc) is 3.11. The van der Waals surface area contributed by atoms with Gasteiger partial charge in [0, 0.05) is 6.42 Å². The highest BCUT2D eigenvalue weighted by Gasteiger charge is 2.18. The first-order chi connectivity index (χ1) is 24.9. The summed E-state index contributed by atoms with van der Waals surface area (Å²) in [5, 5.41) is 11.9. The fraction of sp³-hybridized carbons (Fsp3) is 0.614. The van der Waals surface area contributed by atoms with E-state index in [1.807, 2.05) is 18.2 Å². The molecule has 0 aliphatic carbocycles. The fourth-order valence-corrected chi connectivity index (χ4v) is 5.24. The summed E-state index contributed by atoms with van der Waals surface area (Å²) in [5.74, 6) is -1.44. The topological polar surface area (TPSA) is 119 Å². The van der Waals surface area contributed by atoms with E-state index in [4.69, 9.17) is 10.5 Å². The van der Waals surface area contributed by atoms with Crippen LogP contribution in [-0.2, 0) is 19.1 Å². The van der Waals surface area contributed by atoms with E-state index in [0.717, 1.165) is 89.9 Å². The maximum Gasteiger partial charge on any atom is 0.326 e. The molecule has 0 saturated heterocycles. The minimum Gasteiger partial charge on any atom is -0.480 e. The Kier molecular flexibility index (Phi) is 35.2. The standard InChI is InChI=1S/C44H72N2O5/c1-3-5-7-9-11-13-14-15-16-17-18-20-22-28-32-38-43(48)51-40(34-29-25-21-19-12-10-8-6-4-2)35-30-26-23-24-27-31-37-42(47)46-41(44(49)50)36-33-39-45/h5,7,11,13,15-16,18-21,28-29,32,34,40-41H,3-4,6,8-10,12,14,17,22-27,30-31,33,35-39,45H2,1-2H3,(H,46,47)(H,49,50)/b7-5-,13-11-,16-15-,20-18-,21-19-,32-28-,34-29-. The van der Waals surface area contributed by atoms with Crippen LogP contribution in [0.5, 0.6) is 0 Å². The molecule has 7 nitrogen and oxygen atoms in total. The van der Waals surface area contributed by atoms with Gasteiger partial charge in [0.25, 0.3) is 0 Å². The first kappa shape index (κ1) is 47.5. The number of rotatable bonds is 34. The molecule has 2 atom stereocenters. The summed E-state index contributed by atoms with van der Waals surface area (Å²) in [6, 6.07) is -0.865. The number of carbonyl (C=O) groups excluding carboxylic acids is 2. The number of amides is 1. The van der Waals surface area contributed by atoms with E-state index in [2.05, 4.69) is 86.0 Å². The van der Waals surface area contributed by atoms with E-state index >= 15 is 0 Å². The molecule has 51 heavy (non-hydrogen) atoms. The fourth-order valence-electron chi connectivity index (χ4n) is 5.24. The molecule has 0 aliphatic heterocycles. The third-order valence-corrected chi connectivity index (χ3v) is 8.21. The second-order valence-corrected chi connectivity index (χ2v) is 13.0. The number of aliphatic carboxylic acids is 1. The summed E-state index contributed by atoms with van der Waals surface area (Å²) in [6.45, 7) is 4.77. The number of allylic oxidation sites excluding steroid dienone is 12. The van der Waals surface area contributed by atoms with Gasteiger partial charge in [0.05, 0.1) is 6.42 Å². The molecule has 0 aromatic heterocycles. The molecule has 0 heterocycles. The van der Waals surface area contributed by atoms with Crippen molar-refractivity contribution in [3.63, 3.8) is 0 Å². The highest BCUT2D eigenvalue weighted by molar-refractivity contribution is 5.83. The molecule has 0 spiro atoms. The van der Waals surface area contributed by atoms with Gasteiger partial charge in [0.15, 0.2) is 0 Å². The van der Waals surface area contributed by atoms with Crippen LogP contribution in [0, 0.1) is 0 Å². The molecule has 7 heteroatoms. The molecule has 1 amide bonds. The zero-order chi connectivity index (χ0) is 37.5. The molecule has 0 fully saturated rings. The van der Waals surface area contributed by atoms with Crippen LogP contribution in [0.4, 0.5) is 0 Å². The summed E-state index contributed by atoms with van der Waals surface area (Å²) in [7, 11) is 0. The first-order valence-corrected chi connectivity index (χ1v) is 19.9. The molecular weight excluding hydrogens is 636 g/mol. The molecule has 4 N–H and O–H groups in total. The van der Waals surface area contributed by atoms with E-state index < -0.39 is 12.0 Å². The Hall–Kier alpha value is -3.45. The van der Waals surface area contributed by atoms with Crippen LogP contribution in [0.25, 0.3) is 0 Å². The summed E-state index contributed by atoms with van der Waals surface area (Å²) in [6.07, 6.45) is 49.4. The van der Waals surface area contributed by atoms with Gasteiger partial charge in [-0.3, -0.25) is 9.59 Å². The van der Waals surface area contributed by atoms with Crippen LogP contribution in [-0.4, -0.2) is 41.6 Å². The molecule has 0 saturated carbocycles. The lowest BCUT2D eigenvalue weighted by Gasteiger charge is -2.14. The molecule has 0 aromatic rings. The van der Waals surface area contributed by atoms with E-state index in [-0.39, 0.29) is 24.4 Å². The maximum atomic E-state index is 12.6. The quantitative estimate of drug-likeness (QED) is 0.0348. The van der Waals surface area contributed by atoms with Crippen molar-refractivity contribution in [2.45, 2.75) is 167 Å². The number of hydrogen-bond donors (Lipinski definition) is 3. The molecule has 0 aromatic carbocycles. The molecule has 0 rings (SSSR count). The predicted octanol–water partition coefficient (Wildman–Crippen LogP) is 10.9. The lowest BCUT2D eigenvalue weighted by atomic mass is 10.1. The average molecular weight is 709 g/mol. The van der Waals surface area contributed by atoms with E-state index in [1.54, 1.807) is 0 Å². The first-order valence-electron chi connectivity index (χ1n) is 19.9. The minimum atomic E-state index is -1.01. The van der Waals surface area contributed by atoms with Crippen molar-refractivity contribution in [3.05, 3.63) is 85.1 Å². The lowest BCUT2D eigenvalue weighted by molar-refractivity contribution is -0.146. The van der Waals surface area contributed by atoms with Crippen molar-refractivity contribution >= 4 is 17.8 Å². The Bertz CT molecular complexity index is 1070. The summed E-state index contributed by atoms with van der Waals surface area (Å²) in [5.41, 5.74) is 5.46. The smallest absolute Gasteiger partial charge is 0.326 e. The highest BCUT2D eigenvalue weighted by atomic mass is 16.5. The second kappa shape index (κ2) is 37.8. The van der Waals surface area contributed by atoms with Crippen LogP contribution in [0.1, 0.15) is 155 Å². The second-order valence-electron chi connectivity index (χ2n) is 13.0. The largest absolute Gasteiger partial charge is 0.480 e. The number of ether oxygens (including phenoxy) is 1. The molecule has 0 bridgehead atoms. The van der Waals surface area contributed by atoms with Crippen LogP contribution in [0.2, 0.25) is 0 Å². The lowest BCUT2D eigenvalue weighted by Crippen LogP contribution is -2.40. The van der Waals surface area contributed by atoms with Crippen LogP contribution in [0.15, 0.2) is 85.1 Å². The van der Waals surface area contributed by atoms with E-state index in [9.17, 15) is 19.5 Å². The van der Waals surface area contributed by atoms with Gasteiger partial charge in [-0.15, -0.1) is 0 Å². The van der Waals surface area contributed by atoms with Gasteiger partial charge in [-0.2, -0.15) is 0 Å². The summed E-state index contributed by atoms with van der Waals surface area (Å²) < 4.78 is 5.86.